The molecule has 1 atom stereocenters. The number of nitrogens with one attached hydrogen (secondary N) is 1. The van der Waals surface area contributed by atoms with Crippen LogP contribution in [0.4, 0.5) is 4.79 Å². The number of piperazine rings is 1. The van der Waals surface area contributed by atoms with Crippen LogP contribution in [0.1, 0.15) is 48.8 Å². The quantitative estimate of drug-likeness (QED) is 0.802. The molecule has 2 fully saturated rings. The molecule has 2 amide bonds. The molecule has 1 N–H and O–H groups in total. The molecule has 7 nitrogen and oxygen atoms in total. The summed E-state index contributed by atoms with van der Waals surface area (Å²) in [4.78, 5) is 32.0. The van der Waals surface area contributed by atoms with Gasteiger partial charge in [-0.2, -0.15) is 0 Å². The SMILES string of the molecule is [2H]CC(C)(C)OC(=O)N[C@H](C(=O)N1CCN(C2CCN(C)CC2)CC1)C(C)C. The van der Waals surface area contributed by atoms with Crippen LogP contribution in [-0.4, -0.2) is 90.7 Å². The fourth-order valence-corrected chi connectivity index (χ4v) is 3.79. The maximum absolute atomic E-state index is 13.0. The second-order valence-corrected chi connectivity index (χ2v) is 8.91. The molecule has 0 radical (unpaired) electrons. The lowest BCUT2D eigenvalue weighted by atomic mass is 10.0. The van der Waals surface area contributed by atoms with E-state index in [-0.39, 0.29) is 18.7 Å². The van der Waals surface area contributed by atoms with Crippen LogP contribution in [0.25, 0.3) is 0 Å². The Hall–Kier alpha value is -1.34. The van der Waals surface area contributed by atoms with Crippen LogP contribution >= 0.6 is 0 Å². The molecule has 7 heteroatoms. The highest BCUT2D eigenvalue weighted by molar-refractivity contribution is 5.86. The number of hydrogen-bond acceptors (Lipinski definition) is 5. The minimum Gasteiger partial charge on any atom is -0.444 e. The normalized spacial score (nSPS) is 22.4. The molecule has 0 aliphatic carbocycles. The van der Waals surface area contributed by atoms with Crippen molar-refractivity contribution in [1.29, 1.82) is 0 Å². The number of rotatable bonds is 4. The second kappa shape index (κ2) is 9.24. The molecule has 0 spiro atoms. The Morgan fingerprint density at radius 2 is 1.70 bits per heavy atom. The molecule has 0 saturated carbocycles. The molecule has 0 aromatic rings. The van der Waals surface area contributed by atoms with Crippen LogP contribution in [0.5, 0.6) is 0 Å². The van der Waals surface area contributed by atoms with Gasteiger partial charge >= 0.3 is 6.09 Å². The number of carbonyl (C=O) groups excluding carboxylic acids is 2. The summed E-state index contributed by atoms with van der Waals surface area (Å²) in [5.74, 6) is -0.0790. The molecule has 0 aromatic carbocycles. The monoisotopic (exact) mass is 383 g/mol. The van der Waals surface area contributed by atoms with Crippen LogP contribution in [0.2, 0.25) is 0 Å². The van der Waals surface area contributed by atoms with E-state index < -0.39 is 17.7 Å². The van der Waals surface area contributed by atoms with E-state index >= 15 is 0 Å². The summed E-state index contributed by atoms with van der Waals surface area (Å²) in [6, 6.07) is 0.0125. The van der Waals surface area contributed by atoms with Crippen LogP contribution < -0.4 is 5.32 Å². The Morgan fingerprint density at radius 3 is 2.22 bits per heavy atom. The van der Waals surface area contributed by atoms with E-state index in [9.17, 15) is 9.59 Å². The Morgan fingerprint density at radius 1 is 1.11 bits per heavy atom. The maximum atomic E-state index is 13.0. The van der Waals surface area contributed by atoms with E-state index in [2.05, 4.69) is 22.2 Å². The number of hydrogen-bond donors (Lipinski definition) is 1. The summed E-state index contributed by atoms with van der Waals surface area (Å²) in [6.45, 7) is 12.7. The first-order chi connectivity index (χ1) is 13.1. The Labute approximate surface area is 165 Å². The zero-order valence-electron chi connectivity index (χ0n) is 18.7. The van der Waals surface area contributed by atoms with Gasteiger partial charge in [-0.3, -0.25) is 9.69 Å². The van der Waals surface area contributed by atoms with Gasteiger partial charge < -0.3 is 19.9 Å². The summed E-state index contributed by atoms with van der Waals surface area (Å²) >= 11 is 0. The molecule has 2 aliphatic heterocycles. The third-order valence-corrected chi connectivity index (χ3v) is 5.41. The lowest BCUT2D eigenvalue weighted by Gasteiger charge is -2.43. The van der Waals surface area contributed by atoms with Crippen molar-refractivity contribution >= 4 is 12.0 Å². The highest BCUT2D eigenvalue weighted by Crippen LogP contribution is 2.18. The highest BCUT2D eigenvalue weighted by Gasteiger charge is 2.33. The van der Waals surface area contributed by atoms with E-state index in [1.54, 1.807) is 13.8 Å². The van der Waals surface area contributed by atoms with Crippen molar-refractivity contribution in [3.8, 4) is 0 Å². The Balaban J connectivity index is 1.87. The maximum Gasteiger partial charge on any atom is 0.408 e. The van der Waals surface area contributed by atoms with Crippen molar-refractivity contribution in [3.05, 3.63) is 0 Å². The predicted octanol–water partition coefficient (Wildman–Crippen LogP) is 1.77. The van der Waals surface area contributed by atoms with Gasteiger partial charge in [-0.25, -0.2) is 4.79 Å². The second-order valence-electron chi connectivity index (χ2n) is 8.91. The molecule has 0 unspecified atom stereocenters. The number of ether oxygens (including phenoxy) is 1. The largest absolute Gasteiger partial charge is 0.444 e. The van der Waals surface area contributed by atoms with E-state index in [0.29, 0.717) is 19.1 Å². The van der Waals surface area contributed by atoms with Gasteiger partial charge in [0.05, 0.1) is 0 Å². The number of alkyl carbamates (subject to hydrolysis) is 1. The Bertz CT molecular complexity index is 528. The van der Waals surface area contributed by atoms with Crippen LogP contribution in [0, 0.1) is 5.92 Å². The standard InChI is InChI=1S/C20H38N4O3/c1-15(2)17(21-19(26)27-20(3,4)5)18(25)24-13-11-23(12-14-24)16-7-9-22(6)10-8-16/h15-17H,7-14H2,1-6H3,(H,21,26)/t17-/m0/s1/i3D. The van der Waals surface area contributed by atoms with E-state index in [1.807, 2.05) is 18.7 Å². The molecule has 2 heterocycles. The van der Waals surface area contributed by atoms with Crippen LogP contribution in [-0.2, 0) is 9.53 Å². The van der Waals surface area contributed by atoms with Gasteiger partial charge in [0.1, 0.15) is 11.6 Å². The van der Waals surface area contributed by atoms with Gasteiger partial charge in [0.2, 0.25) is 5.91 Å². The van der Waals surface area contributed by atoms with Crippen LogP contribution in [0.3, 0.4) is 0 Å². The van der Waals surface area contributed by atoms with Crippen molar-refractivity contribution in [2.75, 3.05) is 46.3 Å². The minimum atomic E-state index is -0.867. The predicted molar refractivity (Wildman–Crippen MR) is 107 cm³/mol. The minimum absolute atomic E-state index is 0.0281. The first kappa shape index (κ1) is 20.4. The highest BCUT2D eigenvalue weighted by atomic mass is 16.6. The third kappa shape index (κ3) is 6.64. The van der Waals surface area contributed by atoms with Crippen molar-refractivity contribution < 1.29 is 15.7 Å². The molecule has 27 heavy (non-hydrogen) atoms. The van der Waals surface area contributed by atoms with Gasteiger partial charge in [0.15, 0.2) is 0 Å². The Kier molecular flexibility index (Phi) is 6.98. The molecular formula is C20H38N4O3. The number of nitrogens with zero attached hydrogens (tertiary/aromatic N) is 3. The molecule has 2 saturated heterocycles. The number of likely N-dealkylation sites (tertiary alicyclic amines) is 1. The van der Waals surface area contributed by atoms with Gasteiger partial charge in [0.25, 0.3) is 0 Å². The number of amides is 2. The van der Waals surface area contributed by atoms with Crippen molar-refractivity contribution in [2.45, 2.75) is 65.1 Å². The first-order valence-electron chi connectivity index (χ1n) is 10.8. The first-order valence-corrected chi connectivity index (χ1v) is 10.1. The smallest absolute Gasteiger partial charge is 0.408 e. The summed E-state index contributed by atoms with van der Waals surface area (Å²) < 4.78 is 12.7. The fraction of sp³-hybridized carbons (Fsp3) is 0.900. The van der Waals surface area contributed by atoms with E-state index in [4.69, 9.17) is 6.11 Å². The van der Waals surface area contributed by atoms with Gasteiger partial charge in [-0.15, -0.1) is 0 Å². The van der Waals surface area contributed by atoms with Crippen LogP contribution in [0.15, 0.2) is 0 Å². The summed E-state index contributed by atoms with van der Waals surface area (Å²) in [5, 5.41) is 2.73. The lowest BCUT2D eigenvalue weighted by Crippen LogP contribution is -2.58. The van der Waals surface area contributed by atoms with Crippen molar-refractivity contribution in [1.82, 2.24) is 20.0 Å². The lowest BCUT2D eigenvalue weighted by molar-refractivity contribution is -0.136. The molecule has 0 bridgehead atoms. The topological polar surface area (TPSA) is 65.1 Å². The van der Waals surface area contributed by atoms with E-state index in [1.165, 1.54) is 12.8 Å². The average molecular weight is 384 g/mol. The zero-order chi connectivity index (χ0) is 20.9. The fourth-order valence-electron chi connectivity index (χ4n) is 3.79. The van der Waals surface area contributed by atoms with Crippen molar-refractivity contribution in [2.24, 2.45) is 5.92 Å². The van der Waals surface area contributed by atoms with Gasteiger partial charge in [0, 0.05) is 33.6 Å². The average Bonchev–Trinajstić information content (AvgIpc) is 2.66. The number of piperidine rings is 1. The van der Waals surface area contributed by atoms with E-state index in [0.717, 1.165) is 26.2 Å². The third-order valence-electron chi connectivity index (χ3n) is 5.41. The molecule has 0 aromatic heterocycles. The molecular weight excluding hydrogens is 344 g/mol. The van der Waals surface area contributed by atoms with Crippen molar-refractivity contribution in [3.63, 3.8) is 0 Å². The summed E-state index contributed by atoms with van der Waals surface area (Å²) in [6.07, 6.45) is 1.76. The molecule has 156 valence electrons. The summed E-state index contributed by atoms with van der Waals surface area (Å²) in [5.41, 5.74) is -0.867. The molecule has 2 aliphatic rings. The van der Waals surface area contributed by atoms with Gasteiger partial charge in [-0.05, 0) is 59.6 Å². The molecule has 2 rings (SSSR count). The van der Waals surface area contributed by atoms with Gasteiger partial charge in [-0.1, -0.05) is 13.8 Å². The zero-order valence-corrected chi connectivity index (χ0v) is 17.7. The summed E-state index contributed by atoms with van der Waals surface area (Å²) in [7, 11) is 2.17. The number of carbonyl (C=O) groups is 2.